The summed E-state index contributed by atoms with van der Waals surface area (Å²) in [7, 11) is 0. The maximum absolute atomic E-state index is 13.2. The number of hydrogen-bond donors (Lipinski definition) is 3. The van der Waals surface area contributed by atoms with E-state index >= 15 is 0 Å². The van der Waals surface area contributed by atoms with Crippen molar-refractivity contribution < 1.29 is 58.2 Å². The van der Waals surface area contributed by atoms with Gasteiger partial charge in [-0.05, 0) is 96.3 Å². The predicted octanol–water partition coefficient (Wildman–Crippen LogP) is 16.5. The molecule has 0 aromatic heterocycles. The third-order valence-electron chi connectivity index (χ3n) is 13.7. The molecule has 0 amide bonds. The predicted molar refractivity (Wildman–Crippen MR) is 321 cm³/mol. The van der Waals surface area contributed by atoms with Gasteiger partial charge in [-0.2, -0.15) is 0 Å². The number of esters is 3. The number of carboxylic acid groups (broad SMARTS) is 1. The Bertz CT molecular complexity index is 1740. The number of allylic oxidation sites excluding steroid dienone is 16. The van der Waals surface area contributed by atoms with E-state index in [4.69, 9.17) is 23.7 Å². The van der Waals surface area contributed by atoms with Gasteiger partial charge in [-0.25, -0.2) is 4.79 Å². The highest BCUT2D eigenvalue weighted by molar-refractivity contribution is 5.74. The molecule has 0 saturated carbocycles. The zero-order chi connectivity index (χ0) is 57.5. The molecule has 1 fully saturated rings. The Balaban J connectivity index is 2.71. The summed E-state index contributed by atoms with van der Waals surface area (Å²) in [5.74, 6) is -3.18. The van der Waals surface area contributed by atoms with Crippen LogP contribution in [0.25, 0.3) is 0 Å². The lowest BCUT2D eigenvalue weighted by molar-refractivity contribution is -0.301. The summed E-state index contributed by atoms with van der Waals surface area (Å²) in [5.41, 5.74) is 0. The van der Waals surface area contributed by atoms with Gasteiger partial charge in [0, 0.05) is 19.3 Å². The van der Waals surface area contributed by atoms with Crippen molar-refractivity contribution in [3.63, 3.8) is 0 Å². The molecule has 3 N–H and O–H groups in total. The standard InChI is InChI=1S/C67H110O12/c1-4-7-10-13-16-19-22-25-28-29-30-31-34-35-38-41-44-47-50-53-59(68)75-56-58(77-60(69)54-51-48-45-42-39-36-32-26-23-20-17-14-11-8-5-2)57-76-67-65(63(72)62(71)64(79-67)66(73)74)78-61(70)55-52-49-46-43-40-37-33-27-24-21-18-15-12-9-6-3/h7-8,10-11,16-17,19-20,25-26,28,30-32,35,38,58,62-65,67,71-72H,4-6,9,12-15,18,21-24,27,29,33-34,36-37,39-57H2,1-3H3,(H,73,74)/b10-7-,11-8-,19-16-,20-17-,28-25-,31-30-,32-26-,38-35-. The Morgan fingerprint density at radius 3 is 1.23 bits per heavy atom. The van der Waals surface area contributed by atoms with Crippen LogP contribution in [0.1, 0.15) is 252 Å². The molecule has 12 heteroatoms. The van der Waals surface area contributed by atoms with Crippen molar-refractivity contribution >= 4 is 23.9 Å². The van der Waals surface area contributed by atoms with Crippen LogP contribution in [0.5, 0.6) is 0 Å². The topological polar surface area (TPSA) is 175 Å². The molecule has 6 atom stereocenters. The molecule has 79 heavy (non-hydrogen) atoms. The molecule has 1 aliphatic heterocycles. The van der Waals surface area contributed by atoms with E-state index in [2.05, 4.69) is 118 Å². The quantitative estimate of drug-likeness (QED) is 0.0228. The number of unbranched alkanes of at least 4 members (excludes halogenated alkanes) is 22. The Kier molecular flexibility index (Phi) is 49.9. The summed E-state index contributed by atoms with van der Waals surface area (Å²) < 4.78 is 28.4. The molecule has 1 rings (SSSR count). The van der Waals surface area contributed by atoms with Crippen LogP contribution in [0.15, 0.2) is 97.2 Å². The molecule has 6 unspecified atom stereocenters. The normalized spacial score (nSPS) is 18.5. The van der Waals surface area contributed by atoms with Gasteiger partial charge in [0.25, 0.3) is 0 Å². The summed E-state index contributed by atoms with van der Waals surface area (Å²) >= 11 is 0. The molecule has 450 valence electrons. The van der Waals surface area contributed by atoms with Crippen LogP contribution in [0.2, 0.25) is 0 Å². The Labute approximate surface area is 479 Å². The highest BCUT2D eigenvalue weighted by atomic mass is 16.7. The molecule has 12 nitrogen and oxygen atoms in total. The second-order valence-corrected chi connectivity index (χ2v) is 20.9. The summed E-state index contributed by atoms with van der Waals surface area (Å²) in [5, 5.41) is 31.5. The molecule has 0 spiro atoms. The largest absolute Gasteiger partial charge is 0.479 e. The van der Waals surface area contributed by atoms with Gasteiger partial charge in [-0.15, -0.1) is 0 Å². The van der Waals surface area contributed by atoms with Gasteiger partial charge >= 0.3 is 23.9 Å². The number of ether oxygens (including phenoxy) is 5. The first-order valence-electron chi connectivity index (χ1n) is 31.2. The molecular weight excluding hydrogens is 997 g/mol. The number of carbonyl (C=O) groups excluding carboxylic acids is 3. The van der Waals surface area contributed by atoms with Crippen LogP contribution in [0.4, 0.5) is 0 Å². The van der Waals surface area contributed by atoms with E-state index in [0.717, 1.165) is 128 Å². The maximum atomic E-state index is 13.2. The van der Waals surface area contributed by atoms with Crippen molar-refractivity contribution in [3.05, 3.63) is 97.2 Å². The fourth-order valence-corrected chi connectivity index (χ4v) is 8.94. The van der Waals surface area contributed by atoms with Crippen molar-refractivity contribution in [1.29, 1.82) is 0 Å². The monoisotopic (exact) mass is 1110 g/mol. The highest BCUT2D eigenvalue weighted by Gasteiger charge is 2.50. The van der Waals surface area contributed by atoms with Crippen LogP contribution in [0.3, 0.4) is 0 Å². The third-order valence-corrected chi connectivity index (χ3v) is 13.7. The van der Waals surface area contributed by atoms with E-state index in [1.54, 1.807) is 0 Å². The van der Waals surface area contributed by atoms with Gasteiger partial charge in [0.15, 0.2) is 24.6 Å². The minimum Gasteiger partial charge on any atom is -0.479 e. The summed E-state index contributed by atoms with van der Waals surface area (Å²) in [6, 6.07) is 0. The smallest absolute Gasteiger partial charge is 0.335 e. The molecule has 1 aliphatic rings. The van der Waals surface area contributed by atoms with Gasteiger partial charge in [0.1, 0.15) is 18.8 Å². The zero-order valence-corrected chi connectivity index (χ0v) is 49.6. The van der Waals surface area contributed by atoms with Crippen LogP contribution in [0, 0.1) is 0 Å². The summed E-state index contributed by atoms with van der Waals surface area (Å²) in [6.07, 6.45) is 59.4. The van der Waals surface area contributed by atoms with Crippen LogP contribution >= 0.6 is 0 Å². The van der Waals surface area contributed by atoms with E-state index in [1.165, 1.54) is 64.2 Å². The third kappa shape index (κ3) is 44.0. The van der Waals surface area contributed by atoms with Gasteiger partial charge in [0.05, 0.1) is 6.61 Å². The number of hydrogen-bond acceptors (Lipinski definition) is 11. The maximum Gasteiger partial charge on any atom is 0.335 e. The summed E-state index contributed by atoms with van der Waals surface area (Å²) in [4.78, 5) is 51.2. The second-order valence-electron chi connectivity index (χ2n) is 20.9. The molecule has 0 aliphatic carbocycles. The van der Waals surface area contributed by atoms with Gasteiger partial charge in [0.2, 0.25) is 0 Å². The molecule has 0 bridgehead atoms. The SMILES string of the molecule is CC/C=C\C/C=C\C/C=C\C/C=C\C/C=C\CCCCCC(=O)OCC(COC1OC(C(=O)O)C(O)C(O)C1OC(=O)CCCCCCCCCCCCCCCCC)OC(=O)CCCCCCC/C=C\C/C=C\C/C=C\CC. The molecule has 0 aromatic rings. The first-order chi connectivity index (χ1) is 38.6. The average Bonchev–Trinajstić information content (AvgIpc) is 3.46. The number of carboxylic acids is 1. The lowest BCUT2D eigenvalue weighted by Crippen LogP contribution is -2.61. The lowest BCUT2D eigenvalue weighted by Gasteiger charge is -2.40. The van der Waals surface area contributed by atoms with Gasteiger partial charge in [-0.1, -0.05) is 234 Å². The van der Waals surface area contributed by atoms with Gasteiger partial charge < -0.3 is 39.0 Å². The number of aliphatic hydroxyl groups excluding tert-OH is 2. The number of rotatable bonds is 52. The van der Waals surface area contributed by atoms with Crippen molar-refractivity contribution in [2.75, 3.05) is 13.2 Å². The first-order valence-corrected chi connectivity index (χ1v) is 31.2. The summed E-state index contributed by atoms with van der Waals surface area (Å²) in [6.45, 7) is 5.74. The van der Waals surface area contributed by atoms with Crippen molar-refractivity contribution in [1.82, 2.24) is 0 Å². The van der Waals surface area contributed by atoms with E-state index in [9.17, 15) is 34.5 Å². The van der Waals surface area contributed by atoms with Crippen LogP contribution in [-0.4, -0.2) is 89.2 Å². The molecule has 0 radical (unpaired) electrons. The van der Waals surface area contributed by atoms with E-state index in [-0.39, 0.29) is 25.9 Å². The number of aliphatic carboxylic acids is 1. The van der Waals surface area contributed by atoms with Crippen molar-refractivity contribution in [2.45, 2.75) is 289 Å². The molecule has 0 aromatic carbocycles. The van der Waals surface area contributed by atoms with Crippen LogP contribution in [-0.2, 0) is 42.9 Å². The Morgan fingerprint density at radius 2 is 0.797 bits per heavy atom. The average molecular weight is 1110 g/mol. The zero-order valence-electron chi connectivity index (χ0n) is 49.6. The molecule has 1 saturated heterocycles. The Morgan fingerprint density at radius 1 is 0.430 bits per heavy atom. The first kappa shape index (κ1) is 72.7. The fourth-order valence-electron chi connectivity index (χ4n) is 8.94. The van der Waals surface area contributed by atoms with Gasteiger partial charge in [-0.3, -0.25) is 14.4 Å². The second kappa shape index (κ2) is 54.2. The molecule has 1 heterocycles. The van der Waals surface area contributed by atoms with E-state index in [0.29, 0.717) is 19.3 Å². The number of carbonyl (C=O) groups is 4. The Hall–Kier alpha value is -4.36. The van der Waals surface area contributed by atoms with Crippen molar-refractivity contribution in [3.8, 4) is 0 Å². The molecular formula is C67H110O12. The minimum atomic E-state index is -1.91. The van der Waals surface area contributed by atoms with Crippen LogP contribution < -0.4 is 0 Å². The fraction of sp³-hybridized carbons (Fsp3) is 0.701. The van der Waals surface area contributed by atoms with Crippen molar-refractivity contribution in [2.24, 2.45) is 0 Å². The van der Waals surface area contributed by atoms with E-state index in [1.807, 2.05) is 0 Å². The van der Waals surface area contributed by atoms with E-state index < -0.39 is 67.3 Å². The minimum absolute atomic E-state index is 0.0543. The lowest BCUT2D eigenvalue weighted by atomic mass is 9.98. The number of aliphatic hydroxyl groups is 2. The highest BCUT2D eigenvalue weighted by Crippen LogP contribution is 2.26.